The van der Waals surface area contributed by atoms with Crippen molar-refractivity contribution in [2.24, 2.45) is 17.8 Å². The maximum atomic E-state index is 11.5. The highest BCUT2D eigenvalue weighted by atomic mass is 16.2. The van der Waals surface area contributed by atoms with Crippen LogP contribution in [0.25, 0.3) is 0 Å². The summed E-state index contributed by atoms with van der Waals surface area (Å²) in [6, 6.07) is 0. The first-order valence-corrected chi connectivity index (χ1v) is 6.05. The Morgan fingerprint density at radius 2 is 1.93 bits per heavy atom. The van der Waals surface area contributed by atoms with E-state index in [1.54, 1.807) is 0 Å². The van der Waals surface area contributed by atoms with Gasteiger partial charge >= 0.3 is 0 Å². The predicted molar refractivity (Wildman–Crippen MR) is 56.9 cm³/mol. The third-order valence-corrected chi connectivity index (χ3v) is 3.74. The average Bonchev–Trinajstić information content (AvgIpc) is 2.94. The molecule has 0 aromatic heterocycles. The fourth-order valence-electron chi connectivity index (χ4n) is 2.45. The van der Waals surface area contributed by atoms with Crippen molar-refractivity contribution < 1.29 is 4.79 Å². The molecule has 1 amide bonds. The Morgan fingerprint density at radius 3 is 2.50 bits per heavy atom. The lowest BCUT2D eigenvalue weighted by Crippen LogP contribution is -2.31. The van der Waals surface area contributed by atoms with Gasteiger partial charge in [-0.25, -0.2) is 0 Å². The van der Waals surface area contributed by atoms with Gasteiger partial charge in [0.25, 0.3) is 0 Å². The summed E-state index contributed by atoms with van der Waals surface area (Å²) in [5.41, 5.74) is 0. The minimum atomic E-state index is 0.308. The molecule has 2 atom stereocenters. The highest BCUT2D eigenvalue weighted by molar-refractivity contribution is 5.81. The molecule has 2 unspecified atom stereocenters. The lowest BCUT2D eigenvalue weighted by molar-refractivity contribution is -0.122. The van der Waals surface area contributed by atoms with E-state index < -0.39 is 0 Å². The van der Waals surface area contributed by atoms with Crippen LogP contribution in [-0.4, -0.2) is 12.5 Å². The second kappa shape index (κ2) is 4.33. The molecule has 2 aliphatic rings. The molecule has 2 aliphatic carbocycles. The van der Waals surface area contributed by atoms with Crippen molar-refractivity contribution in [3.05, 3.63) is 0 Å². The first-order valence-electron chi connectivity index (χ1n) is 6.05. The molecule has 1 N–H and O–H groups in total. The zero-order valence-electron chi connectivity index (χ0n) is 9.09. The van der Waals surface area contributed by atoms with Gasteiger partial charge in [-0.1, -0.05) is 26.2 Å². The summed E-state index contributed by atoms with van der Waals surface area (Å²) in [4.78, 5) is 11.5. The zero-order chi connectivity index (χ0) is 9.97. The highest BCUT2D eigenvalue weighted by Crippen LogP contribution is 2.37. The molecule has 0 saturated heterocycles. The Morgan fingerprint density at radius 1 is 1.29 bits per heavy atom. The second-order valence-corrected chi connectivity index (χ2v) is 5.07. The Bertz CT molecular complexity index is 208. The fraction of sp³-hybridized carbons (Fsp3) is 0.917. The minimum Gasteiger partial charge on any atom is -0.356 e. The molecule has 0 radical (unpaired) electrons. The van der Waals surface area contributed by atoms with Gasteiger partial charge in [0.1, 0.15) is 0 Å². The Labute approximate surface area is 86.5 Å². The molecule has 0 bridgehead atoms. The molecule has 2 heteroatoms. The second-order valence-electron chi connectivity index (χ2n) is 5.07. The van der Waals surface area contributed by atoms with Gasteiger partial charge in [-0.2, -0.15) is 0 Å². The van der Waals surface area contributed by atoms with E-state index in [1.807, 2.05) is 0 Å². The SMILES string of the molecule is CC1CC1C(=O)NCC1CCCCC1. The van der Waals surface area contributed by atoms with Crippen LogP contribution in [0.1, 0.15) is 45.4 Å². The Kier molecular flexibility index (Phi) is 3.09. The summed E-state index contributed by atoms with van der Waals surface area (Å²) in [7, 11) is 0. The van der Waals surface area contributed by atoms with E-state index in [1.165, 1.54) is 32.1 Å². The van der Waals surface area contributed by atoms with Crippen LogP contribution in [0.4, 0.5) is 0 Å². The van der Waals surface area contributed by atoms with Crippen LogP contribution in [0.15, 0.2) is 0 Å². The molecule has 0 aromatic carbocycles. The van der Waals surface area contributed by atoms with Gasteiger partial charge in [0.15, 0.2) is 0 Å². The molecular weight excluding hydrogens is 174 g/mol. The molecule has 2 rings (SSSR count). The average molecular weight is 195 g/mol. The summed E-state index contributed by atoms with van der Waals surface area (Å²) in [6.07, 6.45) is 7.86. The number of amides is 1. The first kappa shape index (κ1) is 10.0. The van der Waals surface area contributed by atoms with Gasteiger partial charge in [0.2, 0.25) is 5.91 Å². The smallest absolute Gasteiger partial charge is 0.223 e. The molecule has 2 saturated carbocycles. The molecule has 80 valence electrons. The molecular formula is C12H21NO. The van der Waals surface area contributed by atoms with Crippen molar-refractivity contribution in [1.82, 2.24) is 5.32 Å². The van der Waals surface area contributed by atoms with Crippen LogP contribution in [0.3, 0.4) is 0 Å². The summed E-state index contributed by atoms with van der Waals surface area (Å²) in [5, 5.41) is 3.11. The molecule has 0 aromatic rings. The molecule has 14 heavy (non-hydrogen) atoms. The van der Waals surface area contributed by atoms with E-state index >= 15 is 0 Å². The number of carbonyl (C=O) groups excluding carboxylic acids is 1. The third kappa shape index (κ3) is 2.49. The number of carbonyl (C=O) groups is 1. The van der Waals surface area contributed by atoms with Gasteiger partial charge in [0.05, 0.1) is 0 Å². The van der Waals surface area contributed by atoms with E-state index in [0.29, 0.717) is 17.7 Å². The van der Waals surface area contributed by atoms with Crippen LogP contribution >= 0.6 is 0 Å². The molecule has 2 nitrogen and oxygen atoms in total. The predicted octanol–water partition coefficient (Wildman–Crippen LogP) is 2.34. The largest absolute Gasteiger partial charge is 0.356 e. The number of nitrogens with one attached hydrogen (secondary N) is 1. The topological polar surface area (TPSA) is 29.1 Å². The number of rotatable bonds is 3. The normalized spacial score (nSPS) is 32.6. The first-order chi connectivity index (χ1) is 6.77. The van der Waals surface area contributed by atoms with Crippen LogP contribution in [0.5, 0.6) is 0 Å². The van der Waals surface area contributed by atoms with Crippen molar-refractivity contribution in [2.75, 3.05) is 6.54 Å². The van der Waals surface area contributed by atoms with E-state index in [2.05, 4.69) is 12.2 Å². The van der Waals surface area contributed by atoms with Crippen LogP contribution in [-0.2, 0) is 4.79 Å². The Hall–Kier alpha value is -0.530. The van der Waals surface area contributed by atoms with E-state index in [0.717, 1.165) is 18.9 Å². The van der Waals surface area contributed by atoms with Crippen LogP contribution in [0, 0.1) is 17.8 Å². The van der Waals surface area contributed by atoms with Crippen LogP contribution < -0.4 is 5.32 Å². The molecule has 0 heterocycles. The summed E-state index contributed by atoms with van der Waals surface area (Å²) < 4.78 is 0. The summed E-state index contributed by atoms with van der Waals surface area (Å²) in [6.45, 7) is 3.09. The van der Waals surface area contributed by atoms with Crippen molar-refractivity contribution in [3.63, 3.8) is 0 Å². The van der Waals surface area contributed by atoms with E-state index in [-0.39, 0.29) is 0 Å². The number of hydrogen-bond donors (Lipinski definition) is 1. The van der Waals surface area contributed by atoms with Gasteiger partial charge < -0.3 is 5.32 Å². The summed E-state index contributed by atoms with van der Waals surface area (Å²) >= 11 is 0. The van der Waals surface area contributed by atoms with Crippen molar-refractivity contribution >= 4 is 5.91 Å². The van der Waals surface area contributed by atoms with Crippen molar-refractivity contribution in [2.45, 2.75) is 45.4 Å². The van der Waals surface area contributed by atoms with Gasteiger partial charge in [-0.15, -0.1) is 0 Å². The van der Waals surface area contributed by atoms with Crippen molar-refractivity contribution in [3.8, 4) is 0 Å². The molecule has 0 spiro atoms. The third-order valence-electron chi connectivity index (χ3n) is 3.74. The maximum absolute atomic E-state index is 11.5. The fourth-order valence-corrected chi connectivity index (χ4v) is 2.45. The van der Waals surface area contributed by atoms with E-state index in [4.69, 9.17) is 0 Å². The van der Waals surface area contributed by atoms with Gasteiger partial charge in [0, 0.05) is 12.5 Å². The molecule has 2 fully saturated rings. The van der Waals surface area contributed by atoms with Crippen molar-refractivity contribution in [1.29, 1.82) is 0 Å². The highest BCUT2D eigenvalue weighted by Gasteiger charge is 2.38. The minimum absolute atomic E-state index is 0.308. The quantitative estimate of drug-likeness (QED) is 0.736. The van der Waals surface area contributed by atoms with E-state index in [9.17, 15) is 4.79 Å². The summed E-state index contributed by atoms with van der Waals surface area (Å²) in [5.74, 6) is 2.06. The standard InChI is InChI=1S/C12H21NO/c1-9-7-11(9)12(14)13-8-10-5-3-2-4-6-10/h9-11H,2-8H2,1H3,(H,13,14). The Balaban J connectivity index is 1.63. The monoisotopic (exact) mass is 195 g/mol. The maximum Gasteiger partial charge on any atom is 0.223 e. The zero-order valence-corrected chi connectivity index (χ0v) is 9.09. The van der Waals surface area contributed by atoms with Crippen LogP contribution in [0.2, 0.25) is 0 Å². The molecule has 0 aliphatic heterocycles. The lowest BCUT2D eigenvalue weighted by Gasteiger charge is -2.21. The van der Waals surface area contributed by atoms with Gasteiger partial charge in [-0.05, 0) is 31.1 Å². The van der Waals surface area contributed by atoms with Gasteiger partial charge in [-0.3, -0.25) is 4.79 Å². The lowest BCUT2D eigenvalue weighted by atomic mass is 9.89. The number of hydrogen-bond acceptors (Lipinski definition) is 1.